The van der Waals surface area contributed by atoms with Crippen molar-refractivity contribution in [3.63, 3.8) is 0 Å². The number of nitrogens with one attached hydrogen (secondary N) is 1. The Balaban J connectivity index is 1.94. The molecule has 0 atom stereocenters. The molecule has 0 spiro atoms. The van der Waals surface area contributed by atoms with E-state index in [4.69, 9.17) is 4.74 Å². The van der Waals surface area contributed by atoms with Crippen LogP contribution in [0.3, 0.4) is 0 Å². The number of ether oxygens (including phenoxy) is 1. The van der Waals surface area contributed by atoms with Crippen LogP contribution in [0.25, 0.3) is 0 Å². The molecule has 0 radical (unpaired) electrons. The summed E-state index contributed by atoms with van der Waals surface area (Å²) in [5.41, 5.74) is 1.45. The van der Waals surface area contributed by atoms with Crippen LogP contribution in [0.4, 0.5) is 5.69 Å². The SMILES string of the molecule is O=S(=O)(Nc1ccccc1Br)c1ccc2c(c1)CCO2. The van der Waals surface area contributed by atoms with E-state index in [1.54, 1.807) is 36.4 Å². The van der Waals surface area contributed by atoms with Crippen LogP contribution in [-0.2, 0) is 16.4 Å². The Morgan fingerprint density at radius 2 is 1.95 bits per heavy atom. The van der Waals surface area contributed by atoms with Gasteiger partial charge in [-0.05, 0) is 51.8 Å². The summed E-state index contributed by atoms with van der Waals surface area (Å²) in [7, 11) is -3.59. The van der Waals surface area contributed by atoms with Crippen LogP contribution in [0, 0.1) is 0 Å². The smallest absolute Gasteiger partial charge is 0.261 e. The van der Waals surface area contributed by atoms with Crippen molar-refractivity contribution in [1.82, 2.24) is 0 Å². The summed E-state index contributed by atoms with van der Waals surface area (Å²) in [6.07, 6.45) is 0.744. The van der Waals surface area contributed by atoms with E-state index < -0.39 is 10.0 Å². The Hall–Kier alpha value is -1.53. The fourth-order valence-electron chi connectivity index (χ4n) is 2.08. The zero-order valence-electron chi connectivity index (χ0n) is 10.5. The Morgan fingerprint density at radius 3 is 2.75 bits per heavy atom. The second-order valence-corrected chi connectivity index (χ2v) is 6.99. The van der Waals surface area contributed by atoms with Crippen LogP contribution in [-0.4, -0.2) is 15.0 Å². The van der Waals surface area contributed by atoms with Crippen LogP contribution in [0.1, 0.15) is 5.56 Å². The Labute approximate surface area is 126 Å². The number of rotatable bonds is 3. The molecule has 0 amide bonds. The highest BCUT2D eigenvalue weighted by Crippen LogP contribution is 2.29. The number of para-hydroxylation sites is 1. The number of hydrogen-bond acceptors (Lipinski definition) is 3. The van der Waals surface area contributed by atoms with Crippen molar-refractivity contribution < 1.29 is 13.2 Å². The van der Waals surface area contributed by atoms with Gasteiger partial charge in [-0.15, -0.1) is 0 Å². The lowest BCUT2D eigenvalue weighted by atomic mass is 10.2. The number of sulfonamides is 1. The molecule has 2 aromatic carbocycles. The molecule has 1 heterocycles. The van der Waals surface area contributed by atoms with E-state index in [1.807, 2.05) is 6.07 Å². The fraction of sp³-hybridized carbons (Fsp3) is 0.143. The van der Waals surface area contributed by atoms with E-state index in [1.165, 1.54) is 0 Å². The molecule has 104 valence electrons. The highest BCUT2D eigenvalue weighted by Gasteiger charge is 2.19. The molecule has 0 aliphatic carbocycles. The molecule has 0 saturated heterocycles. The van der Waals surface area contributed by atoms with Gasteiger partial charge in [0.1, 0.15) is 5.75 Å². The first-order valence-corrected chi connectivity index (χ1v) is 8.37. The maximum atomic E-state index is 12.4. The first kappa shape index (κ1) is 13.5. The molecule has 1 aliphatic heterocycles. The van der Waals surface area contributed by atoms with Crippen molar-refractivity contribution >= 4 is 31.6 Å². The molecule has 0 aromatic heterocycles. The number of fused-ring (bicyclic) bond motifs is 1. The van der Waals surface area contributed by atoms with Gasteiger partial charge in [0.25, 0.3) is 10.0 Å². The predicted molar refractivity (Wildman–Crippen MR) is 80.6 cm³/mol. The van der Waals surface area contributed by atoms with E-state index >= 15 is 0 Å². The Morgan fingerprint density at radius 1 is 1.15 bits per heavy atom. The molecule has 2 aromatic rings. The van der Waals surface area contributed by atoms with Crippen LogP contribution < -0.4 is 9.46 Å². The molecule has 0 saturated carbocycles. The summed E-state index contributed by atoms with van der Waals surface area (Å²) in [5, 5.41) is 0. The van der Waals surface area contributed by atoms with Crippen molar-refractivity contribution in [2.45, 2.75) is 11.3 Å². The van der Waals surface area contributed by atoms with Crippen LogP contribution >= 0.6 is 15.9 Å². The Bertz CT molecular complexity index is 759. The van der Waals surface area contributed by atoms with Gasteiger partial charge in [-0.1, -0.05) is 12.1 Å². The zero-order valence-corrected chi connectivity index (χ0v) is 12.9. The van der Waals surface area contributed by atoms with Gasteiger partial charge in [0.2, 0.25) is 0 Å². The third-order valence-corrected chi connectivity index (χ3v) is 5.14. The van der Waals surface area contributed by atoms with E-state index in [2.05, 4.69) is 20.7 Å². The first-order chi connectivity index (χ1) is 9.56. The molecular formula is C14H12BrNO3S. The molecule has 0 unspecified atom stereocenters. The van der Waals surface area contributed by atoms with Crippen molar-refractivity contribution in [2.24, 2.45) is 0 Å². The lowest BCUT2D eigenvalue weighted by Gasteiger charge is -2.10. The molecule has 1 N–H and O–H groups in total. The zero-order chi connectivity index (χ0) is 14.2. The quantitative estimate of drug-likeness (QED) is 0.921. The lowest BCUT2D eigenvalue weighted by molar-refractivity contribution is 0.356. The number of benzene rings is 2. The standard InChI is InChI=1S/C14H12BrNO3S/c15-12-3-1-2-4-13(12)16-20(17,18)11-5-6-14-10(9-11)7-8-19-14/h1-6,9,16H,7-8H2. The Kier molecular flexibility index (Phi) is 3.43. The second kappa shape index (κ2) is 5.10. The highest BCUT2D eigenvalue weighted by atomic mass is 79.9. The monoisotopic (exact) mass is 353 g/mol. The topological polar surface area (TPSA) is 55.4 Å². The van der Waals surface area contributed by atoms with Gasteiger partial charge < -0.3 is 4.74 Å². The predicted octanol–water partition coefficient (Wildman–Crippen LogP) is 3.18. The summed E-state index contributed by atoms with van der Waals surface area (Å²) in [6.45, 7) is 0.608. The van der Waals surface area contributed by atoms with E-state index in [0.29, 0.717) is 16.8 Å². The second-order valence-electron chi connectivity index (χ2n) is 4.45. The van der Waals surface area contributed by atoms with Gasteiger partial charge in [0.05, 0.1) is 17.2 Å². The maximum absolute atomic E-state index is 12.4. The molecule has 6 heteroatoms. The van der Waals surface area contributed by atoms with Crippen molar-refractivity contribution in [1.29, 1.82) is 0 Å². The fourth-order valence-corrected chi connectivity index (χ4v) is 3.72. The summed E-state index contributed by atoms with van der Waals surface area (Å²) >= 11 is 3.32. The number of halogens is 1. The van der Waals surface area contributed by atoms with Gasteiger partial charge >= 0.3 is 0 Å². The van der Waals surface area contributed by atoms with Crippen molar-refractivity contribution in [3.8, 4) is 5.75 Å². The number of anilines is 1. The van der Waals surface area contributed by atoms with Gasteiger partial charge in [0.15, 0.2) is 0 Å². The summed E-state index contributed by atoms with van der Waals surface area (Å²) in [5.74, 6) is 0.768. The number of hydrogen-bond donors (Lipinski definition) is 1. The van der Waals surface area contributed by atoms with Crippen LogP contribution in [0.15, 0.2) is 51.8 Å². The minimum absolute atomic E-state index is 0.248. The van der Waals surface area contributed by atoms with Crippen LogP contribution in [0.2, 0.25) is 0 Å². The normalized spacial score (nSPS) is 13.7. The first-order valence-electron chi connectivity index (χ1n) is 6.09. The van der Waals surface area contributed by atoms with Crippen LogP contribution in [0.5, 0.6) is 5.75 Å². The lowest BCUT2D eigenvalue weighted by Crippen LogP contribution is -2.13. The van der Waals surface area contributed by atoms with Crippen molar-refractivity contribution in [2.75, 3.05) is 11.3 Å². The molecule has 0 bridgehead atoms. The highest BCUT2D eigenvalue weighted by molar-refractivity contribution is 9.10. The molecule has 1 aliphatic rings. The third-order valence-electron chi connectivity index (χ3n) is 3.09. The van der Waals surface area contributed by atoms with E-state index in [9.17, 15) is 8.42 Å². The van der Waals surface area contributed by atoms with Gasteiger partial charge in [-0.25, -0.2) is 8.42 Å². The average Bonchev–Trinajstić information content (AvgIpc) is 2.88. The summed E-state index contributed by atoms with van der Waals surface area (Å²) in [4.78, 5) is 0.248. The largest absolute Gasteiger partial charge is 0.493 e. The molecule has 20 heavy (non-hydrogen) atoms. The third kappa shape index (κ3) is 2.53. The minimum atomic E-state index is -3.59. The molecule has 3 rings (SSSR count). The van der Waals surface area contributed by atoms with E-state index in [0.717, 1.165) is 17.7 Å². The van der Waals surface area contributed by atoms with Gasteiger partial charge in [-0.3, -0.25) is 4.72 Å². The summed E-state index contributed by atoms with van der Waals surface area (Å²) in [6, 6.07) is 12.0. The molecule has 0 fully saturated rings. The van der Waals surface area contributed by atoms with E-state index in [-0.39, 0.29) is 4.90 Å². The molecule has 4 nitrogen and oxygen atoms in total. The summed E-state index contributed by atoms with van der Waals surface area (Å²) < 4.78 is 33.4. The maximum Gasteiger partial charge on any atom is 0.261 e. The van der Waals surface area contributed by atoms with Crippen molar-refractivity contribution in [3.05, 3.63) is 52.5 Å². The molecular weight excluding hydrogens is 342 g/mol. The average molecular weight is 354 g/mol. The minimum Gasteiger partial charge on any atom is -0.493 e. The van der Waals surface area contributed by atoms with Gasteiger partial charge in [-0.2, -0.15) is 0 Å². The van der Waals surface area contributed by atoms with Gasteiger partial charge in [0, 0.05) is 10.9 Å².